The van der Waals surface area contributed by atoms with E-state index in [0.29, 0.717) is 11.0 Å². The summed E-state index contributed by atoms with van der Waals surface area (Å²) in [6, 6.07) is 4.09. The fourth-order valence-electron chi connectivity index (χ4n) is 1.55. The number of nitrogens with one attached hydrogen (secondary N) is 3. The third-order valence-corrected chi connectivity index (χ3v) is 4.85. The third-order valence-electron chi connectivity index (χ3n) is 2.74. The van der Waals surface area contributed by atoms with Gasteiger partial charge in [0.2, 0.25) is 15.9 Å². The molecule has 0 aromatic heterocycles. The second kappa shape index (κ2) is 8.25. The topological polar surface area (TPSA) is 104 Å². The Morgan fingerprint density at radius 2 is 1.91 bits per heavy atom. The molecular weight excluding hydrogens is 374 g/mol. The van der Waals surface area contributed by atoms with Crippen LogP contribution in [-0.2, 0) is 14.8 Å². The smallest absolute Gasteiger partial charge is 0.252 e. The van der Waals surface area contributed by atoms with E-state index in [2.05, 4.69) is 31.3 Å². The lowest BCUT2D eigenvalue weighted by Crippen LogP contribution is -2.37. The van der Waals surface area contributed by atoms with E-state index in [4.69, 9.17) is 0 Å². The summed E-state index contributed by atoms with van der Waals surface area (Å²) in [5, 5.41) is 5.08. The monoisotopic (exact) mass is 391 g/mol. The number of halogens is 1. The van der Waals surface area contributed by atoms with Gasteiger partial charge in [0.15, 0.2) is 0 Å². The van der Waals surface area contributed by atoms with E-state index in [1.165, 1.54) is 25.2 Å². The minimum atomic E-state index is -3.64. The molecule has 3 N–H and O–H groups in total. The highest BCUT2D eigenvalue weighted by Gasteiger charge is 2.17. The van der Waals surface area contributed by atoms with Crippen LogP contribution >= 0.6 is 15.9 Å². The molecule has 0 saturated heterocycles. The van der Waals surface area contributed by atoms with E-state index in [0.717, 1.165) is 6.42 Å². The van der Waals surface area contributed by atoms with Crippen LogP contribution in [0.3, 0.4) is 0 Å². The van der Waals surface area contributed by atoms with Crippen LogP contribution in [0.25, 0.3) is 0 Å². The first-order valence-electron chi connectivity index (χ1n) is 6.59. The third kappa shape index (κ3) is 5.08. The molecule has 0 unspecified atom stereocenters. The summed E-state index contributed by atoms with van der Waals surface area (Å²) in [6.07, 6.45) is 0.801. The molecule has 0 aliphatic rings. The summed E-state index contributed by atoms with van der Waals surface area (Å²) in [7, 11) is -2.36. The Hall–Kier alpha value is -1.45. The van der Waals surface area contributed by atoms with Gasteiger partial charge in [-0.15, -0.1) is 0 Å². The molecule has 0 fully saturated rings. The first kappa shape index (κ1) is 18.6. The molecule has 0 atom stereocenters. The zero-order valence-corrected chi connectivity index (χ0v) is 14.7. The summed E-state index contributed by atoms with van der Waals surface area (Å²) in [4.78, 5) is 23.5. The molecule has 2 amide bonds. The number of carbonyl (C=O) groups is 2. The number of sulfonamides is 1. The number of amides is 2. The number of carbonyl (C=O) groups excluding carboxylic acids is 2. The maximum absolute atomic E-state index is 12.1. The van der Waals surface area contributed by atoms with Crippen molar-refractivity contribution in [3.63, 3.8) is 0 Å². The van der Waals surface area contributed by atoms with Crippen molar-refractivity contribution in [1.82, 2.24) is 15.4 Å². The average molecular weight is 392 g/mol. The zero-order valence-electron chi connectivity index (χ0n) is 12.3. The van der Waals surface area contributed by atoms with Crippen LogP contribution in [0.4, 0.5) is 0 Å². The van der Waals surface area contributed by atoms with E-state index in [9.17, 15) is 18.0 Å². The Labute approximate surface area is 138 Å². The molecule has 0 saturated carbocycles. The molecule has 0 heterocycles. The molecule has 0 aliphatic carbocycles. The van der Waals surface area contributed by atoms with Crippen molar-refractivity contribution in [2.45, 2.75) is 18.2 Å². The van der Waals surface area contributed by atoms with Crippen LogP contribution in [0.15, 0.2) is 27.6 Å². The first-order valence-corrected chi connectivity index (χ1v) is 8.87. The molecule has 1 rings (SSSR count). The lowest BCUT2D eigenvalue weighted by molar-refractivity contribution is -0.120. The summed E-state index contributed by atoms with van der Waals surface area (Å²) < 4.78 is 26.1. The van der Waals surface area contributed by atoms with Gasteiger partial charge in [-0.25, -0.2) is 13.1 Å². The average Bonchev–Trinajstić information content (AvgIpc) is 2.50. The second-order valence-corrected chi connectivity index (χ2v) is 7.12. The summed E-state index contributed by atoms with van der Waals surface area (Å²) in [5.41, 5.74) is 0.139. The Balaban J connectivity index is 2.85. The van der Waals surface area contributed by atoms with Gasteiger partial charge >= 0.3 is 0 Å². The van der Waals surface area contributed by atoms with Gasteiger partial charge in [-0.1, -0.05) is 6.92 Å². The fraction of sp³-hybridized carbons (Fsp3) is 0.385. The van der Waals surface area contributed by atoms with Crippen molar-refractivity contribution in [2.75, 3.05) is 20.1 Å². The lowest BCUT2D eigenvalue weighted by atomic mass is 10.2. The number of hydrogen-bond donors (Lipinski definition) is 3. The summed E-state index contributed by atoms with van der Waals surface area (Å²) in [5.74, 6) is -0.836. The molecule has 7 nitrogen and oxygen atoms in total. The predicted octanol–water partition coefficient (Wildman–Crippen LogP) is 0.613. The molecule has 0 bridgehead atoms. The van der Waals surface area contributed by atoms with E-state index in [-0.39, 0.29) is 22.9 Å². The van der Waals surface area contributed by atoms with Crippen LogP contribution < -0.4 is 15.4 Å². The Morgan fingerprint density at radius 1 is 1.23 bits per heavy atom. The maximum atomic E-state index is 12.1. The van der Waals surface area contributed by atoms with Gasteiger partial charge in [-0.05, 0) is 47.6 Å². The Bertz CT molecular complexity index is 661. The minimum absolute atomic E-state index is 0.0289. The van der Waals surface area contributed by atoms with E-state index < -0.39 is 15.9 Å². The molecule has 0 radical (unpaired) electrons. The van der Waals surface area contributed by atoms with Crippen LogP contribution in [0, 0.1) is 0 Å². The van der Waals surface area contributed by atoms with Gasteiger partial charge in [-0.2, -0.15) is 0 Å². The normalized spacial score (nSPS) is 11.0. The van der Waals surface area contributed by atoms with Crippen molar-refractivity contribution < 1.29 is 18.0 Å². The highest BCUT2D eigenvalue weighted by molar-refractivity contribution is 9.10. The van der Waals surface area contributed by atoms with Crippen LogP contribution in [-0.4, -0.2) is 40.4 Å². The number of hydrogen-bond acceptors (Lipinski definition) is 4. The fourth-order valence-corrected chi connectivity index (χ4v) is 2.73. The van der Waals surface area contributed by atoms with Gasteiger partial charge in [0.1, 0.15) is 0 Å². The summed E-state index contributed by atoms with van der Waals surface area (Å²) in [6.45, 7) is 2.28. The second-order valence-electron chi connectivity index (χ2n) is 4.38. The van der Waals surface area contributed by atoms with Crippen molar-refractivity contribution in [2.24, 2.45) is 0 Å². The zero-order chi connectivity index (χ0) is 16.8. The SMILES string of the molecule is CCCNC(=O)CNC(=O)c1cc(S(=O)(=O)NC)ccc1Br. The number of benzene rings is 1. The standard InChI is InChI=1S/C13H18BrN3O4S/c1-3-6-16-12(18)8-17-13(19)10-7-9(4-5-11(10)14)22(20,21)15-2/h4-5,7,15H,3,6,8H2,1-2H3,(H,16,18)(H,17,19). The van der Waals surface area contributed by atoms with Gasteiger partial charge in [0.05, 0.1) is 17.0 Å². The van der Waals surface area contributed by atoms with Gasteiger partial charge in [0.25, 0.3) is 5.91 Å². The highest BCUT2D eigenvalue weighted by Crippen LogP contribution is 2.20. The van der Waals surface area contributed by atoms with E-state index >= 15 is 0 Å². The maximum Gasteiger partial charge on any atom is 0.252 e. The van der Waals surface area contributed by atoms with E-state index in [1.807, 2.05) is 6.92 Å². The summed E-state index contributed by atoms with van der Waals surface area (Å²) >= 11 is 3.19. The molecule has 22 heavy (non-hydrogen) atoms. The van der Waals surface area contributed by atoms with Gasteiger partial charge in [0, 0.05) is 11.0 Å². The molecule has 1 aromatic rings. The van der Waals surface area contributed by atoms with Crippen molar-refractivity contribution in [1.29, 1.82) is 0 Å². The highest BCUT2D eigenvalue weighted by atomic mass is 79.9. The Morgan fingerprint density at radius 3 is 2.50 bits per heavy atom. The van der Waals surface area contributed by atoms with Crippen molar-refractivity contribution >= 4 is 37.8 Å². The minimum Gasteiger partial charge on any atom is -0.355 e. The van der Waals surface area contributed by atoms with Gasteiger partial charge < -0.3 is 10.6 Å². The van der Waals surface area contributed by atoms with Crippen LogP contribution in [0.5, 0.6) is 0 Å². The number of rotatable bonds is 7. The van der Waals surface area contributed by atoms with Crippen LogP contribution in [0.1, 0.15) is 23.7 Å². The molecule has 1 aromatic carbocycles. The van der Waals surface area contributed by atoms with E-state index in [1.54, 1.807) is 0 Å². The van der Waals surface area contributed by atoms with Crippen molar-refractivity contribution in [3.05, 3.63) is 28.2 Å². The van der Waals surface area contributed by atoms with Crippen LogP contribution in [0.2, 0.25) is 0 Å². The van der Waals surface area contributed by atoms with Crippen molar-refractivity contribution in [3.8, 4) is 0 Å². The molecule has 9 heteroatoms. The van der Waals surface area contributed by atoms with Gasteiger partial charge in [-0.3, -0.25) is 9.59 Å². The first-order chi connectivity index (χ1) is 10.3. The molecule has 0 aliphatic heterocycles. The Kier molecular flexibility index (Phi) is 6.98. The largest absolute Gasteiger partial charge is 0.355 e. The molecule has 122 valence electrons. The quantitative estimate of drug-likeness (QED) is 0.633. The molecule has 0 spiro atoms. The predicted molar refractivity (Wildman–Crippen MR) is 86.0 cm³/mol. The lowest BCUT2D eigenvalue weighted by Gasteiger charge is -2.09. The molecular formula is C13H18BrN3O4S.